The SMILES string of the molecule is N#CC1(C(=O)Nc2ccc(N3CCCC3)nc2)CCCC1. The summed E-state index contributed by atoms with van der Waals surface area (Å²) >= 11 is 0. The van der Waals surface area contributed by atoms with E-state index in [1.807, 2.05) is 12.1 Å². The van der Waals surface area contributed by atoms with Crippen LogP contribution in [0.15, 0.2) is 18.3 Å². The van der Waals surface area contributed by atoms with E-state index in [1.165, 1.54) is 12.8 Å². The number of rotatable bonds is 3. The van der Waals surface area contributed by atoms with E-state index in [0.29, 0.717) is 18.5 Å². The number of anilines is 2. The van der Waals surface area contributed by atoms with Crippen LogP contribution in [-0.2, 0) is 4.79 Å². The van der Waals surface area contributed by atoms with Crippen molar-refractivity contribution in [2.24, 2.45) is 5.41 Å². The Kier molecular flexibility index (Phi) is 3.78. The number of hydrogen-bond acceptors (Lipinski definition) is 4. The van der Waals surface area contributed by atoms with Crippen LogP contribution in [-0.4, -0.2) is 24.0 Å². The number of nitrogens with zero attached hydrogens (tertiary/aromatic N) is 3. The fraction of sp³-hybridized carbons (Fsp3) is 0.562. The molecule has 110 valence electrons. The summed E-state index contributed by atoms with van der Waals surface area (Å²) in [6, 6.07) is 6.03. The van der Waals surface area contributed by atoms with Gasteiger partial charge in [0.05, 0.1) is 18.0 Å². The number of pyridine rings is 1. The molecule has 1 aliphatic heterocycles. The Morgan fingerprint density at radius 2 is 1.95 bits per heavy atom. The largest absolute Gasteiger partial charge is 0.357 e. The zero-order valence-corrected chi connectivity index (χ0v) is 12.1. The highest BCUT2D eigenvalue weighted by molar-refractivity contribution is 5.97. The maximum Gasteiger partial charge on any atom is 0.244 e. The van der Waals surface area contributed by atoms with Gasteiger partial charge in [-0.15, -0.1) is 0 Å². The van der Waals surface area contributed by atoms with Crippen molar-refractivity contribution in [3.05, 3.63) is 18.3 Å². The fourth-order valence-corrected chi connectivity index (χ4v) is 3.21. The number of carbonyl (C=O) groups is 1. The van der Waals surface area contributed by atoms with Gasteiger partial charge in [0.2, 0.25) is 5.91 Å². The third-order valence-corrected chi connectivity index (χ3v) is 4.54. The highest BCUT2D eigenvalue weighted by atomic mass is 16.2. The minimum Gasteiger partial charge on any atom is -0.357 e. The van der Waals surface area contributed by atoms with E-state index in [2.05, 4.69) is 21.3 Å². The average molecular weight is 284 g/mol. The molecular weight excluding hydrogens is 264 g/mol. The summed E-state index contributed by atoms with van der Waals surface area (Å²) in [5.74, 6) is 0.777. The van der Waals surface area contributed by atoms with E-state index in [-0.39, 0.29) is 5.91 Å². The average Bonchev–Trinajstić information content (AvgIpc) is 3.20. The predicted octanol–water partition coefficient (Wildman–Crippen LogP) is 2.70. The van der Waals surface area contributed by atoms with Crippen LogP contribution in [0.2, 0.25) is 0 Å². The molecule has 5 nitrogen and oxygen atoms in total. The van der Waals surface area contributed by atoms with Gasteiger partial charge in [-0.3, -0.25) is 4.79 Å². The van der Waals surface area contributed by atoms with Crippen molar-refractivity contribution < 1.29 is 4.79 Å². The smallest absolute Gasteiger partial charge is 0.244 e. The van der Waals surface area contributed by atoms with E-state index in [9.17, 15) is 10.1 Å². The molecule has 0 spiro atoms. The molecule has 1 aliphatic carbocycles. The summed E-state index contributed by atoms with van der Waals surface area (Å²) in [5.41, 5.74) is -0.169. The molecule has 2 aliphatic rings. The van der Waals surface area contributed by atoms with Crippen molar-refractivity contribution in [3.63, 3.8) is 0 Å². The Labute approximate surface area is 125 Å². The van der Waals surface area contributed by atoms with E-state index >= 15 is 0 Å². The van der Waals surface area contributed by atoms with Gasteiger partial charge >= 0.3 is 0 Å². The first kappa shape index (κ1) is 13.9. The molecule has 0 aromatic carbocycles. The molecule has 1 amide bonds. The molecule has 1 N–H and O–H groups in total. The summed E-state index contributed by atoms with van der Waals surface area (Å²) in [5, 5.41) is 12.2. The van der Waals surface area contributed by atoms with Gasteiger partial charge in [0, 0.05) is 13.1 Å². The number of amides is 1. The monoisotopic (exact) mass is 284 g/mol. The molecule has 2 heterocycles. The second-order valence-corrected chi connectivity index (χ2v) is 5.95. The lowest BCUT2D eigenvalue weighted by atomic mass is 9.87. The molecule has 21 heavy (non-hydrogen) atoms. The summed E-state index contributed by atoms with van der Waals surface area (Å²) < 4.78 is 0. The lowest BCUT2D eigenvalue weighted by Crippen LogP contribution is -2.32. The van der Waals surface area contributed by atoms with Crippen LogP contribution in [0.4, 0.5) is 11.5 Å². The van der Waals surface area contributed by atoms with Crippen LogP contribution in [0.5, 0.6) is 0 Å². The fourth-order valence-electron chi connectivity index (χ4n) is 3.21. The quantitative estimate of drug-likeness (QED) is 0.926. The molecule has 1 aromatic heterocycles. The lowest BCUT2D eigenvalue weighted by Gasteiger charge is -2.20. The Morgan fingerprint density at radius 3 is 2.52 bits per heavy atom. The molecule has 5 heteroatoms. The topological polar surface area (TPSA) is 69.0 Å². The normalized spacial score (nSPS) is 20.2. The molecule has 0 bridgehead atoms. The van der Waals surface area contributed by atoms with Crippen LogP contribution < -0.4 is 10.2 Å². The Balaban J connectivity index is 1.67. The van der Waals surface area contributed by atoms with Crippen molar-refractivity contribution in [1.29, 1.82) is 5.26 Å². The van der Waals surface area contributed by atoms with Gasteiger partial charge in [-0.05, 0) is 37.8 Å². The first-order chi connectivity index (χ1) is 10.2. The van der Waals surface area contributed by atoms with Crippen LogP contribution in [0.1, 0.15) is 38.5 Å². The van der Waals surface area contributed by atoms with Gasteiger partial charge in [0.25, 0.3) is 0 Å². The van der Waals surface area contributed by atoms with Gasteiger partial charge in [-0.2, -0.15) is 5.26 Å². The molecule has 1 aromatic rings. The van der Waals surface area contributed by atoms with Crippen LogP contribution in [0.25, 0.3) is 0 Å². The van der Waals surface area contributed by atoms with Crippen LogP contribution >= 0.6 is 0 Å². The van der Waals surface area contributed by atoms with Gasteiger partial charge in [0.1, 0.15) is 11.2 Å². The van der Waals surface area contributed by atoms with Gasteiger partial charge in [-0.25, -0.2) is 4.98 Å². The zero-order chi connectivity index (χ0) is 14.7. The summed E-state index contributed by atoms with van der Waals surface area (Å²) in [7, 11) is 0. The number of hydrogen-bond donors (Lipinski definition) is 1. The highest BCUT2D eigenvalue weighted by Gasteiger charge is 2.41. The summed E-state index contributed by atoms with van der Waals surface area (Å²) in [6.07, 6.45) is 7.34. The molecular formula is C16H20N4O. The van der Waals surface area contributed by atoms with Crippen molar-refractivity contribution in [3.8, 4) is 6.07 Å². The van der Waals surface area contributed by atoms with Crippen LogP contribution in [0, 0.1) is 16.7 Å². The minimum atomic E-state index is -0.840. The second-order valence-electron chi connectivity index (χ2n) is 5.95. The number of nitriles is 1. The number of nitrogens with one attached hydrogen (secondary N) is 1. The maximum atomic E-state index is 12.3. The molecule has 0 atom stereocenters. The van der Waals surface area contributed by atoms with E-state index < -0.39 is 5.41 Å². The van der Waals surface area contributed by atoms with E-state index in [1.54, 1.807) is 6.20 Å². The number of aromatic nitrogens is 1. The Hall–Kier alpha value is -2.09. The van der Waals surface area contributed by atoms with E-state index in [4.69, 9.17) is 0 Å². The zero-order valence-electron chi connectivity index (χ0n) is 12.1. The predicted molar refractivity (Wildman–Crippen MR) is 80.8 cm³/mol. The minimum absolute atomic E-state index is 0.182. The number of carbonyl (C=O) groups excluding carboxylic acids is 1. The van der Waals surface area contributed by atoms with Crippen molar-refractivity contribution in [2.45, 2.75) is 38.5 Å². The van der Waals surface area contributed by atoms with Gasteiger partial charge in [0.15, 0.2) is 0 Å². The second kappa shape index (κ2) is 5.72. The molecule has 2 fully saturated rings. The summed E-state index contributed by atoms with van der Waals surface area (Å²) in [4.78, 5) is 19.0. The standard InChI is InChI=1S/C16H20N4O/c17-12-16(7-1-2-8-16)15(21)19-13-5-6-14(18-11-13)20-9-3-4-10-20/h5-6,11H,1-4,7-10H2,(H,19,21). The summed E-state index contributed by atoms with van der Waals surface area (Å²) in [6.45, 7) is 2.10. The first-order valence-corrected chi connectivity index (χ1v) is 7.67. The first-order valence-electron chi connectivity index (χ1n) is 7.67. The lowest BCUT2D eigenvalue weighted by molar-refractivity contribution is -0.122. The third-order valence-electron chi connectivity index (χ3n) is 4.54. The third kappa shape index (κ3) is 2.71. The molecule has 1 saturated carbocycles. The molecule has 0 radical (unpaired) electrons. The van der Waals surface area contributed by atoms with Gasteiger partial charge < -0.3 is 10.2 Å². The van der Waals surface area contributed by atoms with E-state index in [0.717, 1.165) is 31.7 Å². The highest BCUT2D eigenvalue weighted by Crippen LogP contribution is 2.38. The molecule has 0 unspecified atom stereocenters. The van der Waals surface area contributed by atoms with Crippen molar-refractivity contribution in [2.75, 3.05) is 23.3 Å². The van der Waals surface area contributed by atoms with Gasteiger partial charge in [-0.1, -0.05) is 12.8 Å². The van der Waals surface area contributed by atoms with Crippen molar-refractivity contribution in [1.82, 2.24) is 4.98 Å². The Bertz CT molecular complexity index is 549. The Morgan fingerprint density at radius 1 is 1.24 bits per heavy atom. The van der Waals surface area contributed by atoms with Crippen molar-refractivity contribution >= 4 is 17.4 Å². The maximum absolute atomic E-state index is 12.3. The molecule has 1 saturated heterocycles. The van der Waals surface area contributed by atoms with Crippen LogP contribution in [0.3, 0.4) is 0 Å². The molecule has 3 rings (SSSR count).